The quantitative estimate of drug-likeness (QED) is 0.538. The lowest BCUT2D eigenvalue weighted by atomic mass is 9.97. The summed E-state index contributed by atoms with van der Waals surface area (Å²) in [4.78, 5) is 30.8. The molecule has 0 radical (unpaired) electrons. The van der Waals surface area contributed by atoms with E-state index in [1.807, 2.05) is 39.0 Å². The van der Waals surface area contributed by atoms with Crippen LogP contribution in [-0.4, -0.2) is 45.8 Å². The first-order chi connectivity index (χ1) is 15.2. The molecule has 2 N–H and O–H groups in total. The Morgan fingerprint density at radius 1 is 1.25 bits per heavy atom. The maximum atomic E-state index is 15.1. The largest absolute Gasteiger partial charge is 0.444 e. The monoisotopic (exact) mass is 453 g/mol. The van der Waals surface area contributed by atoms with Gasteiger partial charge in [0.15, 0.2) is 0 Å². The number of aromatic amines is 1. The molecule has 1 atom stereocenters. The number of nitrogens with one attached hydrogen (secondary N) is 2. The van der Waals surface area contributed by atoms with E-state index in [4.69, 9.17) is 4.74 Å². The van der Waals surface area contributed by atoms with Crippen molar-refractivity contribution in [2.75, 3.05) is 18.4 Å². The van der Waals surface area contributed by atoms with Crippen LogP contribution in [0.25, 0.3) is 22.0 Å². The smallest absolute Gasteiger partial charge is 0.410 e. The Hall–Kier alpha value is -3.00. The van der Waals surface area contributed by atoms with Crippen LogP contribution in [0.1, 0.15) is 37.6 Å². The summed E-state index contributed by atoms with van der Waals surface area (Å²) >= 11 is 1.55. The molecule has 5 rings (SSSR count). The molecule has 0 saturated carbocycles. The van der Waals surface area contributed by atoms with Crippen molar-refractivity contribution in [1.29, 1.82) is 0 Å². The lowest BCUT2D eigenvalue weighted by molar-refractivity contribution is 0.0295. The van der Waals surface area contributed by atoms with E-state index in [0.29, 0.717) is 35.1 Å². The van der Waals surface area contributed by atoms with E-state index in [1.54, 1.807) is 28.9 Å². The average molecular weight is 454 g/mol. The second-order valence-electron chi connectivity index (χ2n) is 9.14. The molecule has 0 spiro atoms. The summed E-state index contributed by atoms with van der Waals surface area (Å²) in [6.07, 6.45) is 2.26. The minimum absolute atomic E-state index is 0.0977. The van der Waals surface area contributed by atoms with Gasteiger partial charge in [-0.25, -0.2) is 9.18 Å². The molecular weight excluding hydrogens is 429 g/mol. The number of halogens is 1. The number of likely N-dealkylation sites (tertiary alicyclic amines) is 1. The molecule has 2 aliphatic heterocycles. The maximum Gasteiger partial charge on any atom is 0.410 e. The van der Waals surface area contributed by atoms with Crippen LogP contribution >= 0.6 is 11.8 Å². The van der Waals surface area contributed by atoms with E-state index in [1.165, 1.54) is 6.07 Å². The molecule has 1 unspecified atom stereocenters. The zero-order chi connectivity index (χ0) is 22.6. The number of H-pyrrole nitrogens is 1. The van der Waals surface area contributed by atoms with Gasteiger partial charge >= 0.3 is 6.09 Å². The number of ether oxygens (including phenoxy) is 1. The molecule has 1 fully saturated rings. The standard InChI is InChI=1S/C24H24FN3O3S/c1-24(2,3)31-23(30)28-10-8-13(12-28)32-18-11-14(16-5-4-9-26-16)19-21-17(27-22(19)29)7-6-15(25)20(18)21/h4-7,9,11,13,26H,8,10,12H2,1-3H3,(H,27,29). The van der Waals surface area contributed by atoms with Crippen molar-refractivity contribution in [2.45, 2.75) is 42.9 Å². The number of hydrogen-bond acceptors (Lipinski definition) is 4. The molecule has 166 valence electrons. The molecule has 2 amide bonds. The van der Waals surface area contributed by atoms with Crippen LogP contribution in [0.4, 0.5) is 14.9 Å². The summed E-state index contributed by atoms with van der Waals surface area (Å²) in [6, 6.07) is 8.67. The minimum atomic E-state index is -0.548. The van der Waals surface area contributed by atoms with Crippen molar-refractivity contribution in [2.24, 2.45) is 0 Å². The van der Waals surface area contributed by atoms with Crippen molar-refractivity contribution in [3.05, 3.63) is 47.9 Å². The first kappa shape index (κ1) is 20.9. The Labute approximate surface area is 189 Å². The molecule has 3 aromatic rings. The van der Waals surface area contributed by atoms with Crippen molar-refractivity contribution in [1.82, 2.24) is 9.88 Å². The van der Waals surface area contributed by atoms with E-state index >= 15 is 4.39 Å². The SMILES string of the molecule is CC(C)(C)OC(=O)N1CCC(Sc2cc(-c3ccc[nH]3)c3c4c(ccc(F)c24)NC3=O)C1. The van der Waals surface area contributed by atoms with Crippen LogP contribution in [0.2, 0.25) is 0 Å². The predicted octanol–water partition coefficient (Wildman–Crippen LogP) is 5.64. The van der Waals surface area contributed by atoms with E-state index < -0.39 is 5.60 Å². The normalized spacial score (nSPS) is 17.8. The Kier molecular flexibility index (Phi) is 4.93. The topological polar surface area (TPSA) is 74.4 Å². The van der Waals surface area contributed by atoms with E-state index in [9.17, 15) is 9.59 Å². The number of rotatable bonds is 3. The van der Waals surface area contributed by atoms with Crippen molar-refractivity contribution in [3.63, 3.8) is 0 Å². The first-order valence-electron chi connectivity index (χ1n) is 10.6. The minimum Gasteiger partial charge on any atom is -0.444 e. The van der Waals surface area contributed by atoms with Gasteiger partial charge in [-0.3, -0.25) is 4.79 Å². The van der Waals surface area contributed by atoms with E-state index in [-0.39, 0.29) is 23.1 Å². The summed E-state index contributed by atoms with van der Waals surface area (Å²) in [5.41, 5.74) is 2.11. The van der Waals surface area contributed by atoms with Gasteiger partial charge in [-0.05, 0) is 57.5 Å². The second-order valence-corrected chi connectivity index (χ2v) is 10.5. The molecule has 0 aliphatic carbocycles. The summed E-state index contributed by atoms with van der Waals surface area (Å²) in [5, 5.41) is 4.03. The first-order valence-corrected chi connectivity index (χ1v) is 11.5. The number of thioether (sulfide) groups is 1. The zero-order valence-electron chi connectivity index (χ0n) is 18.1. The number of anilines is 1. The molecule has 1 saturated heterocycles. The van der Waals surface area contributed by atoms with Gasteiger partial charge in [0.05, 0.1) is 5.56 Å². The van der Waals surface area contributed by atoms with Crippen LogP contribution in [-0.2, 0) is 4.74 Å². The summed E-state index contributed by atoms with van der Waals surface area (Å²) in [5.74, 6) is -0.585. The fraction of sp³-hybridized carbons (Fsp3) is 0.333. The summed E-state index contributed by atoms with van der Waals surface area (Å²) in [7, 11) is 0. The highest BCUT2D eigenvalue weighted by molar-refractivity contribution is 8.00. The van der Waals surface area contributed by atoms with Crippen LogP contribution in [0.3, 0.4) is 0 Å². The molecule has 8 heteroatoms. The van der Waals surface area contributed by atoms with Gasteiger partial charge in [0.2, 0.25) is 0 Å². The molecular formula is C24H24FN3O3S. The Morgan fingerprint density at radius 3 is 2.78 bits per heavy atom. The predicted molar refractivity (Wildman–Crippen MR) is 124 cm³/mol. The van der Waals surface area contributed by atoms with Crippen LogP contribution in [0.5, 0.6) is 0 Å². The molecule has 3 heterocycles. The average Bonchev–Trinajstić information content (AvgIpc) is 3.45. The van der Waals surface area contributed by atoms with E-state index in [0.717, 1.165) is 22.6 Å². The Morgan fingerprint density at radius 2 is 2.06 bits per heavy atom. The third-order valence-corrected chi connectivity index (χ3v) is 6.94. The number of carbonyl (C=O) groups excluding carboxylic acids is 2. The van der Waals surface area contributed by atoms with Crippen molar-refractivity contribution < 1.29 is 18.7 Å². The fourth-order valence-corrected chi connectivity index (χ4v) is 5.65. The molecule has 6 nitrogen and oxygen atoms in total. The molecule has 2 aromatic carbocycles. The highest BCUT2D eigenvalue weighted by Crippen LogP contribution is 2.46. The summed E-state index contributed by atoms with van der Waals surface area (Å²) in [6.45, 7) is 6.67. The van der Waals surface area contributed by atoms with E-state index in [2.05, 4.69) is 10.3 Å². The molecule has 1 aromatic heterocycles. The van der Waals surface area contributed by atoms with Gasteiger partial charge in [-0.15, -0.1) is 11.8 Å². The number of hydrogen-bond donors (Lipinski definition) is 2. The Bertz CT molecular complexity index is 1230. The van der Waals surface area contributed by atoms with Crippen LogP contribution < -0.4 is 5.32 Å². The van der Waals surface area contributed by atoms with Crippen LogP contribution in [0.15, 0.2) is 41.4 Å². The molecule has 2 aliphatic rings. The van der Waals surface area contributed by atoms with Gasteiger partial charge in [-0.1, -0.05) is 0 Å². The number of nitrogens with zero attached hydrogens (tertiary/aromatic N) is 1. The second kappa shape index (κ2) is 7.55. The Balaban J connectivity index is 1.52. The van der Waals surface area contributed by atoms with Gasteiger partial charge in [0.1, 0.15) is 11.4 Å². The highest BCUT2D eigenvalue weighted by Gasteiger charge is 2.33. The molecule has 0 bridgehead atoms. The van der Waals surface area contributed by atoms with Crippen molar-refractivity contribution >= 4 is 40.2 Å². The van der Waals surface area contributed by atoms with Gasteiger partial charge in [0.25, 0.3) is 5.91 Å². The van der Waals surface area contributed by atoms with Gasteiger partial charge in [-0.2, -0.15) is 0 Å². The number of amides is 2. The lowest BCUT2D eigenvalue weighted by Crippen LogP contribution is -2.35. The molecule has 32 heavy (non-hydrogen) atoms. The number of aromatic nitrogens is 1. The third-order valence-electron chi connectivity index (χ3n) is 5.65. The fourth-order valence-electron chi connectivity index (χ4n) is 4.31. The van der Waals surface area contributed by atoms with Gasteiger partial charge in [0, 0.05) is 57.1 Å². The van der Waals surface area contributed by atoms with Crippen molar-refractivity contribution in [3.8, 4) is 11.3 Å². The number of carbonyl (C=O) groups is 2. The van der Waals surface area contributed by atoms with Gasteiger partial charge < -0.3 is 19.9 Å². The highest BCUT2D eigenvalue weighted by atomic mass is 32.2. The zero-order valence-corrected chi connectivity index (χ0v) is 18.9. The summed E-state index contributed by atoms with van der Waals surface area (Å²) < 4.78 is 20.6. The number of benzene rings is 2. The lowest BCUT2D eigenvalue weighted by Gasteiger charge is -2.24. The van der Waals surface area contributed by atoms with Crippen LogP contribution in [0, 0.1) is 5.82 Å². The third kappa shape index (κ3) is 3.62. The maximum absolute atomic E-state index is 15.1.